The molecule has 2 aliphatic rings. The molecule has 0 radical (unpaired) electrons. The van der Waals surface area contributed by atoms with Gasteiger partial charge in [-0.05, 0) is 6.92 Å². The van der Waals surface area contributed by atoms with E-state index in [-0.39, 0.29) is 0 Å². The van der Waals surface area contributed by atoms with Crippen LogP contribution >= 0.6 is 11.8 Å². The molecule has 0 aromatic rings. The highest BCUT2D eigenvalue weighted by atomic mass is 32.2. The molecule has 2 aliphatic heterocycles. The molecule has 2 rings (SSSR count). The average molecular weight is 289 g/mol. The third-order valence-corrected chi connectivity index (χ3v) is 3.69. The maximum atomic E-state index is 8.70. The van der Waals surface area contributed by atoms with Crippen molar-refractivity contribution >= 4 is 22.8 Å². The smallest absolute Gasteiger partial charge is 0.224 e. The summed E-state index contributed by atoms with van der Waals surface area (Å²) in [5.74, 6) is 0.684. The molecule has 1 atom stereocenters. The van der Waals surface area contributed by atoms with Crippen molar-refractivity contribution in [3.8, 4) is 0 Å². The summed E-state index contributed by atoms with van der Waals surface area (Å²) in [6.45, 7) is 8.62. The minimum absolute atomic E-state index is 0.425. The highest BCUT2D eigenvalue weighted by Crippen LogP contribution is 2.22. The summed E-state index contributed by atoms with van der Waals surface area (Å²) < 4.78 is 5.42. The van der Waals surface area contributed by atoms with Crippen LogP contribution in [0, 0.1) is 0 Å². The first-order valence-corrected chi connectivity index (χ1v) is 7.27. The summed E-state index contributed by atoms with van der Waals surface area (Å²) in [5, 5.41) is 14.1. The largest absolute Gasteiger partial charge is 0.341 e. The van der Waals surface area contributed by atoms with Crippen LogP contribution < -0.4 is 5.59 Å². The van der Waals surface area contributed by atoms with E-state index in [1.807, 2.05) is 43.2 Å². The lowest BCUT2D eigenvalue weighted by molar-refractivity contribution is -0.0199. The molecule has 110 valence electrons. The number of hydrogen-bond acceptors (Lipinski definition) is 6. The van der Waals surface area contributed by atoms with Crippen LogP contribution in [0.25, 0.3) is 0 Å². The second-order valence-corrected chi connectivity index (χ2v) is 5.49. The lowest BCUT2D eigenvalue weighted by Gasteiger charge is -2.37. The van der Waals surface area contributed by atoms with Crippen LogP contribution in [-0.2, 0) is 4.74 Å². The quantitative estimate of drug-likeness (QED) is 0.755. The fourth-order valence-electron chi connectivity index (χ4n) is 1.87. The van der Waals surface area contributed by atoms with Crippen LogP contribution in [0.2, 0.25) is 0 Å². The molecule has 1 fully saturated rings. The second-order valence-electron chi connectivity index (χ2n) is 3.99. The summed E-state index contributed by atoms with van der Waals surface area (Å²) in [7, 11) is 1.87. The van der Waals surface area contributed by atoms with Gasteiger partial charge in [0.05, 0.1) is 11.6 Å². The third kappa shape index (κ3) is 4.55. The number of nitrogens with zero attached hydrogens (tertiary/aromatic N) is 4. The Morgan fingerprint density at radius 2 is 2.26 bits per heavy atom. The number of guanidine groups is 1. The monoisotopic (exact) mass is 289 g/mol. The van der Waals surface area contributed by atoms with Crippen molar-refractivity contribution in [3.63, 3.8) is 0 Å². The zero-order valence-electron chi connectivity index (χ0n) is 12.0. The first kappa shape index (κ1) is 16.1. The molecule has 0 amide bonds. The van der Waals surface area contributed by atoms with E-state index < -0.39 is 0 Å². The molecule has 7 nitrogen and oxygen atoms in total. The van der Waals surface area contributed by atoms with E-state index >= 15 is 0 Å². The summed E-state index contributed by atoms with van der Waals surface area (Å²) in [5.41, 5.74) is 1.85. The average Bonchev–Trinajstić information content (AvgIpc) is 2.82. The number of rotatable bonds is 3. The van der Waals surface area contributed by atoms with Crippen LogP contribution in [0.15, 0.2) is 10.1 Å². The van der Waals surface area contributed by atoms with Crippen molar-refractivity contribution in [2.24, 2.45) is 10.1 Å². The fourth-order valence-corrected chi connectivity index (χ4v) is 2.90. The Morgan fingerprint density at radius 3 is 2.84 bits per heavy atom. The Hall–Kier alpha value is -0.990. The number of ether oxygens (including phenoxy) is 1. The first-order chi connectivity index (χ1) is 9.20. The summed E-state index contributed by atoms with van der Waals surface area (Å²) >= 11 is 1.78. The zero-order valence-corrected chi connectivity index (χ0v) is 12.8. The van der Waals surface area contributed by atoms with Gasteiger partial charge in [-0.1, -0.05) is 13.8 Å². The Bertz CT molecular complexity index is 337. The Kier molecular flexibility index (Phi) is 6.96. The van der Waals surface area contributed by atoms with Gasteiger partial charge >= 0.3 is 0 Å². The number of aliphatic imine (C=N–C) groups is 1. The molecule has 8 heteroatoms. The molecule has 0 aromatic heterocycles. The van der Waals surface area contributed by atoms with E-state index in [1.165, 1.54) is 0 Å². The Morgan fingerprint density at radius 1 is 1.53 bits per heavy atom. The zero-order chi connectivity index (χ0) is 14.3. The third-order valence-electron chi connectivity index (χ3n) is 2.59. The van der Waals surface area contributed by atoms with Gasteiger partial charge in [0.15, 0.2) is 0 Å². The molecule has 2 N–H and O–H groups in total. The molecule has 0 bridgehead atoms. The van der Waals surface area contributed by atoms with Crippen molar-refractivity contribution in [2.75, 3.05) is 33.6 Å². The molecule has 0 spiro atoms. The van der Waals surface area contributed by atoms with Crippen molar-refractivity contribution in [1.29, 1.82) is 0 Å². The van der Waals surface area contributed by atoms with E-state index in [4.69, 9.17) is 9.94 Å². The van der Waals surface area contributed by atoms with Gasteiger partial charge in [0.1, 0.15) is 13.5 Å². The predicted molar refractivity (Wildman–Crippen MR) is 78.3 cm³/mol. The van der Waals surface area contributed by atoms with Crippen LogP contribution in [-0.4, -0.2) is 64.9 Å². The number of nitrogens with one attached hydrogen (secondary N) is 1. The number of thioether (sulfide) groups is 1. The van der Waals surface area contributed by atoms with E-state index in [1.54, 1.807) is 11.8 Å². The normalized spacial score (nSPS) is 25.0. The lowest BCUT2D eigenvalue weighted by atomic mass is 10.4. The second kappa shape index (κ2) is 8.23. The Balaban J connectivity index is 0.000000861. The molecular weight excluding hydrogens is 266 g/mol. The highest BCUT2D eigenvalue weighted by molar-refractivity contribution is 8.14. The van der Waals surface area contributed by atoms with Crippen molar-refractivity contribution in [2.45, 2.75) is 26.0 Å². The van der Waals surface area contributed by atoms with Crippen molar-refractivity contribution in [1.82, 2.24) is 15.4 Å². The minimum atomic E-state index is 0.425. The maximum absolute atomic E-state index is 8.70. The van der Waals surface area contributed by atoms with E-state index in [0.29, 0.717) is 24.7 Å². The fraction of sp³-hybridized carbons (Fsp3) is 0.818. The maximum Gasteiger partial charge on any atom is 0.224 e. The molecule has 0 aromatic carbocycles. The highest BCUT2D eigenvalue weighted by Gasteiger charge is 2.26. The van der Waals surface area contributed by atoms with Gasteiger partial charge in [-0.25, -0.2) is 0 Å². The summed E-state index contributed by atoms with van der Waals surface area (Å²) in [6.07, 6.45) is 0. The molecule has 2 heterocycles. The van der Waals surface area contributed by atoms with E-state index in [9.17, 15) is 0 Å². The van der Waals surface area contributed by atoms with Crippen LogP contribution in [0.1, 0.15) is 20.8 Å². The molecule has 1 unspecified atom stereocenters. The van der Waals surface area contributed by atoms with Gasteiger partial charge in [0.25, 0.3) is 0 Å². The van der Waals surface area contributed by atoms with Crippen LogP contribution in [0.3, 0.4) is 0 Å². The number of hydrazone groups is 1. The van der Waals surface area contributed by atoms with Gasteiger partial charge < -0.3 is 14.5 Å². The van der Waals surface area contributed by atoms with Gasteiger partial charge in [-0.15, -0.1) is 16.9 Å². The SMILES string of the molecule is CC.CC1=NCC(CN2COCN(C)/C2=N\NO)S1. The van der Waals surface area contributed by atoms with Gasteiger partial charge in [0.2, 0.25) is 5.96 Å². The molecular formula is C11H23N5O2S. The topological polar surface area (TPSA) is 72.7 Å². The van der Waals surface area contributed by atoms with Crippen LogP contribution in [0.4, 0.5) is 0 Å². The van der Waals surface area contributed by atoms with Crippen LogP contribution in [0.5, 0.6) is 0 Å². The summed E-state index contributed by atoms with van der Waals surface area (Å²) in [4.78, 5) is 8.18. The van der Waals surface area contributed by atoms with Gasteiger partial charge in [-0.3, -0.25) is 10.2 Å². The lowest BCUT2D eigenvalue weighted by Crippen LogP contribution is -2.52. The van der Waals surface area contributed by atoms with Gasteiger partial charge in [0, 0.05) is 18.8 Å². The standard InChI is InChI=1S/C9H17N5O2S.C2H6/c1-7-10-3-8(17-7)4-14-6-16-5-13(2)9(14)11-12-15;1-2/h8,12,15H,3-6H2,1-2H3;1-2H3/b11-9+;. The molecule has 0 saturated carbocycles. The predicted octanol–water partition coefficient (Wildman–Crippen LogP) is 0.975. The van der Waals surface area contributed by atoms with Crippen molar-refractivity contribution < 1.29 is 9.94 Å². The van der Waals surface area contributed by atoms with Crippen molar-refractivity contribution in [3.05, 3.63) is 0 Å². The van der Waals surface area contributed by atoms with E-state index in [2.05, 4.69) is 10.1 Å². The summed E-state index contributed by atoms with van der Waals surface area (Å²) in [6, 6.07) is 0. The number of hydrogen-bond donors (Lipinski definition) is 2. The first-order valence-electron chi connectivity index (χ1n) is 6.39. The van der Waals surface area contributed by atoms with E-state index in [0.717, 1.165) is 18.1 Å². The molecule has 19 heavy (non-hydrogen) atoms. The minimum Gasteiger partial charge on any atom is -0.341 e. The molecule has 0 aliphatic carbocycles. The van der Waals surface area contributed by atoms with Gasteiger partial charge in [-0.2, -0.15) is 5.59 Å². The Labute approximate surface area is 118 Å². The molecule has 1 saturated heterocycles.